The van der Waals surface area contributed by atoms with Crippen LogP contribution in [0.2, 0.25) is 0 Å². The molecule has 4 atom stereocenters. The fourth-order valence-corrected chi connectivity index (χ4v) is 7.22. The summed E-state index contributed by atoms with van der Waals surface area (Å²) in [5, 5.41) is 3.02. The first-order valence-electron chi connectivity index (χ1n) is 12.9. The Bertz CT molecular complexity index is 1730. The van der Waals surface area contributed by atoms with Gasteiger partial charge in [-0.15, -0.1) is 0 Å². The molecule has 1 N–H and O–H groups in total. The van der Waals surface area contributed by atoms with Gasteiger partial charge in [0.05, 0.1) is 29.8 Å². The number of fused-ring (bicyclic) bond motifs is 6. The van der Waals surface area contributed by atoms with Crippen LogP contribution in [0.1, 0.15) is 32.0 Å². The molecule has 1 aromatic heterocycles. The Hall–Kier alpha value is -4.43. The Morgan fingerprint density at radius 1 is 1.00 bits per heavy atom. The lowest BCUT2D eigenvalue weighted by Crippen LogP contribution is -2.51. The number of nitrogens with one attached hydrogen (secondary N) is 1. The maximum absolute atomic E-state index is 14.7. The fourth-order valence-electron chi connectivity index (χ4n) is 6.68. The second-order valence-corrected chi connectivity index (χ2v) is 11.0. The van der Waals surface area contributed by atoms with Crippen LogP contribution in [0.15, 0.2) is 100 Å². The molecule has 0 saturated carbocycles. The molecule has 198 valence electrons. The van der Waals surface area contributed by atoms with Gasteiger partial charge in [0.2, 0.25) is 11.7 Å². The van der Waals surface area contributed by atoms with E-state index in [0.29, 0.717) is 27.0 Å². The van der Waals surface area contributed by atoms with Gasteiger partial charge >= 0.3 is 0 Å². The van der Waals surface area contributed by atoms with E-state index in [0.717, 1.165) is 11.3 Å². The number of furan rings is 1. The molecule has 3 aliphatic rings. The molecule has 8 heteroatoms. The molecular weight excluding hydrogens is 572 g/mol. The molecule has 7 rings (SSSR count). The molecule has 1 saturated heterocycles. The van der Waals surface area contributed by atoms with Crippen LogP contribution in [0.25, 0.3) is 6.08 Å². The van der Waals surface area contributed by atoms with Crippen molar-refractivity contribution in [1.82, 2.24) is 0 Å². The van der Waals surface area contributed by atoms with E-state index in [1.54, 1.807) is 37.4 Å². The summed E-state index contributed by atoms with van der Waals surface area (Å²) in [5.41, 5.74) is 2.03. The van der Waals surface area contributed by atoms with Crippen LogP contribution in [0.3, 0.4) is 0 Å². The normalized spacial score (nSPS) is 23.9. The Labute approximate surface area is 238 Å². The number of ketones is 2. The number of rotatable bonds is 5. The van der Waals surface area contributed by atoms with Gasteiger partial charge in [0.1, 0.15) is 17.2 Å². The van der Waals surface area contributed by atoms with E-state index < -0.39 is 29.2 Å². The largest absolute Gasteiger partial charge is 0.496 e. The first-order valence-corrected chi connectivity index (χ1v) is 13.7. The Morgan fingerprint density at radius 3 is 2.58 bits per heavy atom. The highest BCUT2D eigenvalue weighted by atomic mass is 79.9. The maximum atomic E-state index is 14.7. The summed E-state index contributed by atoms with van der Waals surface area (Å²) < 4.78 is 11.6. The molecule has 0 bridgehead atoms. The number of carbonyl (C=O) groups excluding carboxylic acids is 3. The van der Waals surface area contributed by atoms with Gasteiger partial charge in [-0.3, -0.25) is 14.4 Å². The van der Waals surface area contributed by atoms with Gasteiger partial charge < -0.3 is 19.4 Å². The van der Waals surface area contributed by atoms with E-state index in [-0.39, 0.29) is 17.5 Å². The lowest BCUT2D eigenvalue weighted by atomic mass is 9.64. The van der Waals surface area contributed by atoms with Crippen molar-refractivity contribution in [1.29, 1.82) is 0 Å². The molecule has 40 heavy (non-hydrogen) atoms. The van der Waals surface area contributed by atoms with Crippen LogP contribution in [-0.4, -0.2) is 36.7 Å². The number of amides is 1. The van der Waals surface area contributed by atoms with Crippen molar-refractivity contribution >= 4 is 50.9 Å². The van der Waals surface area contributed by atoms with Gasteiger partial charge in [0, 0.05) is 16.9 Å². The molecule has 0 unspecified atom stereocenters. The lowest BCUT2D eigenvalue weighted by molar-refractivity contribution is -0.121. The molecular formula is C32H23BrN2O5. The molecule has 3 aromatic carbocycles. The maximum Gasteiger partial charge on any atom is 0.238 e. The number of carbonyl (C=O) groups is 3. The van der Waals surface area contributed by atoms with Crippen molar-refractivity contribution in [2.24, 2.45) is 5.92 Å². The number of hydrogen-bond donors (Lipinski definition) is 1. The zero-order chi connectivity index (χ0) is 27.6. The second-order valence-electron chi connectivity index (χ2n) is 10.1. The summed E-state index contributed by atoms with van der Waals surface area (Å²) in [5.74, 6) is -1.40. The molecule has 0 radical (unpaired) electrons. The minimum Gasteiger partial charge on any atom is -0.496 e. The Morgan fingerprint density at radius 2 is 1.80 bits per heavy atom. The van der Waals surface area contributed by atoms with Gasteiger partial charge in [0.25, 0.3) is 0 Å². The quantitative estimate of drug-likeness (QED) is 0.289. The summed E-state index contributed by atoms with van der Waals surface area (Å²) in [6.45, 7) is 0. The predicted molar refractivity (Wildman–Crippen MR) is 154 cm³/mol. The second kappa shape index (κ2) is 9.06. The van der Waals surface area contributed by atoms with Gasteiger partial charge in [0.15, 0.2) is 11.5 Å². The number of anilines is 2. The number of ether oxygens (including phenoxy) is 1. The number of para-hydroxylation sites is 2. The molecule has 1 amide bonds. The molecule has 4 heterocycles. The number of benzene rings is 3. The third-order valence-electron chi connectivity index (χ3n) is 8.29. The van der Waals surface area contributed by atoms with Crippen LogP contribution in [0.4, 0.5) is 11.4 Å². The minimum atomic E-state index is -1.38. The highest BCUT2D eigenvalue weighted by Crippen LogP contribution is 2.58. The van der Waals surface area contributed by atoms with Crippen molar-refractivity contribution in [3.63, 3.8) is 0 Å². The van der Waals surface area contributed by atoms with Crippen molar-refractivity contribution < 1.29 is 23.5 Å². The number of halogens is 1. The summed E-state index contributed by atoms with van der Waals surface area (Å²) >= 11 is 3.50. The number of methoxy groups -OCH3 is 1. The Kier molecular flexibility index (Phi) is 5.57. The fraction of sp³-hybridized carbons (Fsp3) is 0.156. The van der Waals surface area contributed by atoms with Crippen LogP contribution in [0.5, 0.6) is 5.75 Å². The third-order valence-corrected chi connectivity index (χ3v) is 8.91. The van der Waals surface area contributed by atoms with Crippen LogP contribution < -0.4 is 15.0 Å². The zero-order valence-corrected chi connectivity index (χ0v) is 22.9. The molecule has 0 aliphatic carbocycles. The first-order chi connectivity index (χ1) is 19.5. The smallest absolute Gasteiger partial charge is 0.238 e. The average molecular weight is 595 g/mol. The summed E-state index contributed by atoms with van der Waals surface area (Å²) in [6, 6.07) is 21.8. The minimum absolute atomic E-state index is 0.104. The summed E-state index contributed by atoms with van der Waals surface area (Å²) in [7, 11) is 1.55. The van der Waals surface area contributed by atoms with E-state index in [4.69, 9.17) is 9.15 Å². The molecule has 4 aromatic rings. The monoisotopic (exact) mass is 594 g/mol. The van der Waals surface area contributed by atoms with E-state index in [1.165, 1.54) is 6.26 Å². The number of hydrogen-bond acceptors (Lipinski definition) is 6. The van der Waals surface area contributed by atoms with Crippen LogP contribution >= 0.6 is 15.9 Å². The highest BCUT2D eigenvalue weighted by molar-refractivity contribution is 9.10. The van der Waals surface area contributed by atoms with E-state index in [9.17, 15) is 14.4 Å². The van der Waals surface area contributed by atoms with Gasteiger partial charge in [-0.1, -0.05) is 48.6 Å². The SMILES string of the molecule is COc1ccc(C(=O)[C@@H]2[C@H](C(=O)c3ccco3)[C@@]3(C(=O)Nc4ccccc43)[C@@H]3C=Cc4ccccc4N23)cc1Br. The first kappa shape index (κ1) is 24.6. The van der Waals surface area contributed by atoms with E-state index >= 15 is 0 Å². The van der Waals surface area contributed by atoms with E-state index in [2.05, 4.69) is 21.2 Å². The van der Waals surface area contributed by atoms with Crippen LogP contribution in [0, 0.1) is 5.92 Å². The van der Waals surface area contributed by atoms with Crippen molar-refractivity contribution in [3.05, 3.63) is 118 Å². The third kappa shape index (κ3) is 3.26. The number of Topliss-reactive ketones (excluding diaryl/α,β-unsaturated/α-hetero) is 2. The van der Waals surface area contributed by atoms with Crippen molar-refractivity contribution in [3.8, 4) is 5.75 Å². The average Bonchev–Trinajstić information content (AvgIpc) is 3.69. The lowest BCUT2D eigenvalue weighted by Gasteiger charge is -2.37. The highest BCUT2D eigenvalue weighted by Gasteiger charge is 2.70. The van der Waals surface area contributed by atoms with Gasteiger partial charge in [-0.2, -0.15) is 0 Å². The molecule has 1 fully saturated rings. The predicted octanol–water partition coefficient (Wildman–Crippen LogP) is 5.91. The molecule has 3 aliphatic heterocycles. The topological polar surface area (TPSA) is 88.9 Å². The molecule has 7 nitrogen and oxygen atoms in total. The number of nitrogens with zero attached hydrogens (tertiary/aromatic N) is 1. The Balaban J connectivity index is 1.52. The zero-order valence-electron chi connectivity index (χ0n) is 21.3. The van der Waals surface area contributed by atoms with Gasteiger partial charge in [-0.05, 0) is 69.5 Å². The van der Waals surface area contributed by atoms with E-state index in [1.807, 2.05) is 65.6 Å². The summed E-state index contributed by atoms with van der Waals surface area (Å²) in [4.78, 5) is 45.4. The van der Waals surface area contributed by atoms with Crippen LogP contribution in [-0.2, 0) is 10.2 Å². The summed E-state index contributed by atoms with van der Waals surface area (Å²) in [6.07, 6.45) is 5.35. The standard InChI is InChI=1S/C32H23BrN2O5/c1-39-24-14-12-19(17-21(24)33)29(36)28-27(30(37)25-11-6-16-40-25)32(20-8-3-4-9-22(20)34-31(32)38)26-15-13-18-7-2-5-10-23(18)35(26)28/h2-17,26-28H,1H3,(H,34,38)/t26-,27+,28-,32-/m0/s1. The molecule has 1 spiro atoms. The van der Waals surface area contributed by atoms with Gasteiger partial charge in [-0.25, -0.2) is 0 Å². The van der Waals surface area contributed by atoms with Crippen molar-refractivity contribution in [2.45, 2.75) is 17.5 Å². The van der Waals surface area contributed by atoms with Crippen molar-refractivity contribution in [2.75, 3.05) is 17.3 Å².